The molecule has 0 aliphatic heterocycles. The van der Waals surface area contributed by atoms with Gasteiger partial charge in [-0.25, -0.2) is 0 Å². The number of fused-ring (bicyclic) bond motifs is 3. The molecule has 1 fully saturated rings. The number of hydrogen-bond donors (Lipinski definition) is 5. The van der Waals surface area contributed by atoms with E-state index in [1.165, 1.54) is 31.4 Å². The first-order valence-corrected chi connectivity index (χ1v) is 13.1. The molecule has 0 radical (unpaired) electrons. The second kappa shape index (κ2) is 10.3. The number of methoxy groups -OCH3 is 1. The maximum atomic E-state index is 14.0. The molecule has 4 atom stereocenters. The van der Waals surface area contributed by atoms with Crippen LogP contribution in [-0.4, -0.2) is 89.0 Å². The SMILES string of the molecule is CO/N=C/c1cc(-c2ccc(O)c3c2CC2CC4C(N(C)C)C(=O)C(C(N)=O)=C(O)C4(O)C(=O)C2=C3O)ccc1OC. The summed E-state index contributed by atoms with van der Waals surface area (Å²) in [7, 11) is 6.03. The molecular formula is C30H31N3O9. The van der Waals surface area contributed by atoms with Crippen LogP contribution in [0.15, 0.2) is 52.4 Å². The number of phenols is 1. The lowest BCUT2D eigenvalue weighted by molar-refractivity contribution is -0.153. The second-order valence-electron chi connectivity index (χ2n) is 10.8. The number of phenolic OH excluding ortho intramolecular Hbond substituents is 1. The van der Waals surface area contributed by atoms with Crippen LogP contribution in [0.2, 0.25) is 0 Å². The summed E-state index contributed by atoms with van der Waals surface area (Å²) >= 11 is 0. The van der Waals surface area contributed by atoms with Gasteiger partial charge in [0.1, 0.15) is 35.7 Å². The third kappa shape index (κ3) is 4.05. The summed E-state index contributed by atoms with van der Waals surface area (Å²) in [5, 5.41) is 48.9. The van der Waals surface area contributed by atoms with Crippen molar-refractivity contribution in [2.24, 2.45) is 22.7 Å². The topological polar surface area (TPSA) is 192 Å². The fraction of sp³-hybridized carbons (Fsp3) is 0.333. The minimum Gasteiger partial charge on any atom is -0.508 e. The van der Waals surface area contributed by atoms with Crippen molar-refractivity contribution in [3.8, 4) is 22.6 Å². The number of aliphatic hydroxyl groups is 3. The van der Waals surface area contributed by atoms with Gasteiger partial charge in [0.05, 0.1) is 24.9 Å². The van der Waals surface area contributed by atoms with Crippen LogP contribution in [0.25, 0.3) is 16.9 Å². The number of carbonyl (C=O) groups excluding carboxylic acids is 3. The number of oxime groups is 1. The Balaban J connectivity index is 1.71. The van der Waals surface area contributed by atoms with Crippen LogP contribution in [0, 0.1) is 11.8 Å². The Morgan fingerprint density at radius 2 is 1.86 bits per heavy atom. The number of nitrogens with zero attached hydrogens (tertiary/aromatic N) is 2. The number of nitrogens with two attached hydrogens (primary N) is 1. The van der Waals surface area contributed by atoms with Crippen LogP contribution in [0.4, 0.5) is 0 Å². The van der Waals surface area contributed by atoms with Crippen molar-refractivity contribution < 1.29 is 44.4 Å². The molecule has 6 N–H and O–H groups in total. The van der Waals surface area contributed by atoms with Crippen molar-refractivity contribution in [3.63, 3.8) is 0 Å². The Kier molecular flexibility index (Phi) is 7.07. The van der Waals surface area contributed by atoms with E-state index < -0.39 is 58.0 Å². The maximum Gasteiger partial charge on any atom is 0.255 e. The number of ketones is 2. The molecule has 3 aliphatic carbocycles. The molecule has 0 bridgehead atoms. The first-order chi connectivity index (χ1) is 19.9. The van der Waals surface area contributed by atoms with Crippen LogP contribution in [-0.2, 0) is 25.6 Å². The molecule has 0 saturated heterocycles. The molecule has 1 amide bonds. The Hall–Kier alpha value is -4.68. The summed E-state index contributed by atoms with van der Waals surface area (Å²) in [5.41, 5.74) is 4.12. The van der Waals surface area contributed by atoms with Gasteiger partial charge in [0.15, 0.2) is 11.4 Å². The van der Waals surface area contributed by atoms with E-state index in [-0.39, 0.29) is 29.7 Å². The lowest BCUT2D eigenvalue weighted by Gasteiger charge is -2.50. The summed E-state index contributed by atoms with van der Waals surface area (Å²) in [4.78, 5) is 45.7. The Bertz CT molecular complexity index is 1620. The summed E-state index contributed by atoms with van der Waals surface area (Å²) in [6, 6.07) is 7.24. The molecule has 1 saturated carbocycles. The van der Waals surface area contributed by atoms with Gasteiger partial charge in [-0.3, -0.25) is 19.3 Å². The van der Waals surface area contributed by atoms with Gasteiger partial charge >= 0.3 is 0 Å². The number of carbonyl (C=O) groups is 3. The molecule has 12 nitrogen and oxygen atoms in total. The number of likely N-dealkylation sites (N-methyl/N-ethyl adjacent to an activating group) is 1. The molecule has 3 aliphatic rings. The minimum absolute atomic E-state index is 0.00474. The third-order valence-electron chi connectivity index (χ3n) is 8.44. The van der Waals surface area contributed by atoms with E-state index >= 15 is 0 Å². The standard InChI is InChI=1S/C30H31N3O9/c1-33(2)24-18-11-14-10-17-16(13-5-8-20(41-3)15(9-13)12-32-42-4)6-7-19(34)22(17)25(35)21(14)27(37)30(18,40)28(38)23(26(24)36)29(31)39/h5-9,12,14,18,24,34-35,38,40H,10-11H2,1-4H3,(H2,31,39)/b32-12+. The normalized spacial score (nSPS) is 25.4. The summed E-state index contributed by atoms with van der Waals surface area (Å²) in [6.45, 7) is 0. The van der Waals surface area contributed by atoms with Crippen LogP contribution >= 0.6 is 0 Å². The van der Waals surface area contributed by atoms with Gasteiger partial charge in [-0.2, -0.15) is 0 Å². The zero-order valence-corrected chi connectivity index (χ0v) is 23.4. The molecule has 4 unspecified atom stereocenters. The highest BCUT2D eigenvalue weighted by atomic mass is 16.6. The molecule has 220 valence electrons. The highest BCUT2D eigenvalue weighted by Gasteiger charge is 2.64. The second-order valence-corrected chi connectivity index (χ2v) is 10.8. The molecule has 0 spiro atoms. The van der Waals surface area contributed by atoms with E-state index in [2.05, 4.69) is 5.16 Å². The maximum absolute atomic E-state index is 14.0. The first-order valence-electron chi connectivity index (χ1n) is 13.1. The number of rotatable bonds is 6. The number of aliphatic hydroxyl groups excluding tert-OH is 2. The zero-order valence-electron chi connectivity index (χ0n) is 23.4. The third-order valence-corrected chi connectivity index (χ3v) is 8.44. The van der Waals surface area contributed by atoms with Gasteiger partial charge in [0.2, 0.25) is 5.78 Å². The van der Waals surface area contributed by atoms with Crippen LogP contribution < -0.4 is 10.5 Å². The van der Waals surface area contributed by atoms with Crippen molar-refractivity contribution in [2.45, 2.75) is 24.5 Å². The summed E-state index contributed by atoms with van der Waals surface area (Å²) in [5.74, 6) is -6.44. The van der Waals surface area contributed by atoms with Gasteiger partial charge in [-0.1, -0.05) is 17.3 Å². The molecule has 5 rings (SSSR count). The molecule has 2 aromatic carbocycles. The van der Waals surface area contributed by atoms with E-state index in [0.29, 0.717) is 28.0 Å². The molecule has 42 heavy (non-hydrogen) atoms. The highest BCUT2D eigenvalue weighted by molar-refractivity contribution is 6.24. The van der Waals surface area contributed by atoms with Gasteiger partial charge in [-0.05, 0) is 67.7 Å². The zero-order chi connectivity index (χ0) is 30.7. The average molecular weight is 578 g/mol. The number of amides is 1. The smallest absolute Gasteiger partial charge is 0.255 e. The van der Waals surface area contributed by atoms with Gasteiger partial charge in [0.25, 0.3) is 5.91 Å². The van der Waals surface area contributed by atoms with Crippen molar-refractivity contribution in [1.82, 2.24) is 4.90 Å². The van der Waals surface area contributed by atoms with E-state index in [1.807, 2.05) is 0 Å². The lowest BCUT2D eigenvalue weighted by Crippen LogP contribution is -2.65. The van der Waals surface area contributed by atoms with Gasteiger partial charge in [0, 0.05) is 17.1 Å². The van der Waals surface area contributed by atoms with E-state index in [1.54, 1.807) is 38.4 Å². The monoisotopic (exact) mass is 577 g/mol. The fourth-order valence-corrected chi connectivity index (χ4v) is 6.63. The van der Waals surface area contributed by atoms with Crippen molar-refractivity contribution in [3.05, 3.63) is 63.9 Å². The number of hydrogen-bond acceptors (Lipinski definition) is 11. The summed E-state index contributed by atoms with van der Waals surface area (Å²) < 4.78 is 5.41. The van der Waals surface area contributed by atoms with Crippen molar-refractivity contribution >= 4 is 29.4 Å². The van der Waals surface area contributed by atoms with Crippen molar-refractivity contribution in [2.75, 3.05) is 28.3 Å². The van der Waals surface area contributed by atoms with E-state index in [4.69, 9.17) is 15.3 Å². The number of ether oxygens (including phenoxy) is 1. The number of Topliss-reactive ketones (excluding diaryl/α,β-unsaturated/α-hetero) is 2. The molecule has 0 aromatic heterocycles. The quantitative estimate of drug-likeness (QED) is 0.191. The fourth-order valence-electron chi connectivity index (χ4n) is 6.63. The largest absolute Gasteiger partial charge is 0.508 e. The average Bonchev–Trinajstić information content (AvgIpc) is 2.93. The summed E-state index contributed by atoms with van der Waals surface area (Å²) in [6.07, 6.45) is 1.63. The number of benzene rings is 2. The van der Waals surface area contributed by atoms with E-state index in [0.717, 1.165) is 0 Å². The van der Waals surface area contributed by atoms with Crippen LogP contribution in [0.3, 0.4) is 0 Å². The number of aromatic hydroxyl groups is 1. The molecule has 12 heteroatoms. The Labute approximate surface area is 240 Å². The lowest BCUT2D eigenvalue weighted by atomic mass is 9.57. The number of primary amides is 1. The first kappa shape index (κ1) is 28.8. The predicted molar refractivity (Wildman–Crippen MR) is 151 cm³/mol. The van der Waals surface area contributed by atoms with Crippen molar-refractivity contribution in [1.29, 1.82) is 0 Å². The predicted octanol–water partition coefficient (Wildman–Crippen LogP) is 1.62. The van der Waals surface area contributed by atoms with E-state index in [9.17, 15) is 34.8 Å². The molecule has 2 aromatic rings. The van der Waals surface area contributed by atoms with Gasteiger partial charge in [-0.15, -0.1) is 0 Å². The van der Waals surface area contributed by atoms with Gasteiger partial charge < -0.3 is 35.7 Å². The van der Waals surface area contributed by atoms with Crippen LogP contribution in [0.1, 0.15) is 23.1 Å². The van der Waals surface area contributed by atoms with Crippen LogP contribution in [0.5, 0.6) is 11.5 Å². The Morgan fingerprint density at radius 1 is 1.14 bits per heavy atom. The molecular weight excluding hydrogens is 546 g/mol. The minimum atomic E-state index is -2.69. The molecule has 0 heterocycles. The Morgan fingerprint density at radius 3 is 2.48 bits per heavy atom. The highest BCUT2D eigenvalue weighted by Crippen LogP contribution is 2.53.